The fraction of sp³-hybridized carbons (Fsp3) is 0.294. The third kappa shape index (κ3) is 3.73. The summed E-state index contributed by atoms with van der Waals surface area (Å²) in [5.74, 6) is -0.231. The van der Waals surface area contributed by atoms with Gasteiger partial charge in [0.25, 0.3) is 5.56 Å². The fourth-order valence-corrected chi connectivity index (χ4v) is 2.87. The van der Waals surface area contributed by atoms with Crippen LogP contribution in [0.1, 0.15) is 26.5 Å². The number of aromatic nitrogens is 3. The highest BCUT2D eigenvalue weighted by atomic mass is 35.5. The molecule has 0 fully saturated rings. The number of halogens is 2. The number of carbonyl (C=O) groups excluding carboxylic acids is 1. The molecule has 2 aromatic heterocycles. The van der Waals surface area contributed by atoms with Crippen molar-refractivity contribution in [3.8, 4) is 0 Å². The zero-order valence-corrected chi connectivity index (χ0v) is 15.9. The van der Waals surface area contributed by atoms with Gasteiger partial charge in [-0.3, -0.25) is 19.5 Å². The summed E-state index contributed by atoms with van der Waals surface area (Å²) in [7, 11) is 0. The summed E-state index contributed by atoms with van der Waals surface area (Å²) in [5.41, 5.74) is 0.427. The van der Waals surface area contributed by atoms with Crippen molar-refractivity contribution in [2.75, 3.05) is 5.32 Å². The SMILES string of the molecule is CC(C)(C)c1cc(NC(=O)Cn2cnc3c(Cl)cc(Cl)cc3c2=O)on1. The van der Waals surface area contributed by atoms with Crippen molar-refractivity contribution in [3.63, 3.8) is 0 Å². The number of hydrogen-bond acceptors (Lipinski definition) is 5. The molecule has 0 atom stereocenters. The van der Waals surface area contributed by atoms with Crippen LogP contribution in [0, 0.1) is 0 Å². The highest BCUT2D eigenvalue weighted by Crippen LogP contribution is 2.24. The van der Waals surface area contributed by atoms with Crippen molar-refractivity contribution in [2.24, 2.45) is 0 Å². The van der Waals surface area contributed by atoms with Gasteiger partial charge in [0.2, 0.25) is 11.8 Å². The summed E-state index contributed by atoms with van der Waals surface area (Å²) >= 11 is 12.0. The molecule has 0 unspecified atom stereocenters. The second-order valence-corrected chi connectivity index (χ2v) is 7.68. The quantitative estimate of drug-likeness (QED) is 0.732. The average molecular weight is 395 g/mol. The number of benzene rings is 1. The summed E-state index contributed by atoms with van der Waals surface area (Å²) in [5, 5.41) is 7.34. The van der Waals surface area contributed by atoms with Gasteiger partial charge < -0.3 is 4.52 Å². The van der Waals surface area contributed by atoms with E-state index in [-0.39, 0.29) is 28.3 Å². The van der Waals surface area contributed by atoms with Crippen LogP contribution in [0.2, 0.25) is 10.0 Å². The van der Waals surface area contributed by atoms with E-state index >= 15 is 0 Å². The maximum atomic E-state index is 12.5. The van der Waals surface area contributed by atoms with Gasteiger partial charge in [0.15, 0.2) is 0 Å². The van der Waals surface area contributed by atoms with Crippen LogP contribution in [0.4, 0.5) is 5.88 Å². The lowest BCUT2D eigenvalue weighted by Gasteiger charge is -2.12. The first-order valence-electron chi connectivity index (χ1n) is 7.76. The topological polar surface area (TPSA) is 90.0 Å². The van der Waals surface area contributed by atoms with Crippen LogP contribution in [0.3, 0.4) is 0 Å². The second-order valence-electron chi connectivity index (χ2n) is 6.84. The summed E-state index contributed by atoms with van der Waals surface area (Å²) in [6, 6.07) is 4.63. The number of rotatable bonds is 3. The first kappa shape index (κ1) is 18.4. The van der Waals surface area contributed by atoms with E-state index in [0.717, 1.165) is 0 Å². The molecule has 2 heterocycles. The molecular weight excluding hydrogens is 379 g/mol. The molecule has 0 bridgehead atoms. The lowest BCUT2D eigenvalue weighted by atomic mass is 9.92. The molecule has 1 aromatic carbocycles. The van der Waals surface area contributed by atoms with Crippen LogP contribution in [-0.2, 0) is 16.8 Å². The zero-order valence-electron chi connectivity index (χ0n) is 14.3. The number of carbonyl (C=O) groups is 1. The Morgan fingerprint density at radius 1 is 1.27 bits per heavy atom. The van der Waals surface area contributed by atoms with E-state index in [0.29, 0.717) is 16.2 Å². The van der Waals surface area contributed by atoms with Crippen molar-refractivity contribution < 1.29 is 9.32 Å². The van der Waals surface area contributed by atoms with Crippen molar-refractivity contribution in [1.29, 1.82) is 0 Å². The summed E-state index contributed by atoms with van der Waals surface area (Å²) in [4.78, 5) is 28.9. The molecule has 0 aliphatic rings. The van der Waals surface area contributed by atoms with Crippen molar-refractivity contribution in [1.82, 2.24) is 14.7 Å². The van der Waals surface area contributed by atoms with Crippen LogP contribution in [-0.4, -0.2) is 20.6 Å². The molecule has 0 radical (unpaired) electrons. The molecule has 0 aliphatic heterocycles. The molecule has 3 rings (SSSR count). The van der Waals surface area contributed by atoms with Crippen LogP contribution in [0.5, 0.6) is 0 Å². The standard InChI is InChI=1S/C17H16Cl2N4O3/c1-17(2,3)12-6-14(26-22-12)21-13(24)7-23-8-20-15-10(16(23)25)4-9(18)5-11(15)19/h4-6,8H,7H2,1-3H3,(H,21,24). The Balaban J connectivity index is 1.82. The van der Waals surface area contributed by atoms with Gasteiger partial charge in [-0.1, -0.05) is 49.1 Å². The van der Waals surface area contributed by atoms with E-state index < -0.39 is 11.5 Å². The molecule has 1 amide bonds. The third-order valence-corrected chi connectivity index (χ3v) is 4.21. The number of fused-ring (bicyclic) bond motifs is 1. The third-order valence-electron chi connectivity index (χ3n) is 3.70. The van der Waals surface area contributed by atoms with E-state index in [4.69, 9.17) is 27.7 Å². The van der Waals surface area contributed by atoms with Gasteiger partial charge in [-0.25, -0.2) is 4.98 Å². The normalized spacial score (nSPS) is 11.7. The Kier molecular flexibility index (Phi) is 4.77. The van der Waals surface area contributed by atoms with Gasteiger partial charge in [-0.05, 0) is 12.1 Å². The average Bonchev–Trinajstić information content (AvgIpc) is 2.99. The van der Waals surface area contributed by atoms with E-state index in [1.165, 1.54) is 23.0 Å². The molecule has 1 N–H and O–H groups in total. The molecular formula is C17H16Cl2N4O3. The molecule has 0 saturated heterocycles. The molecule has 0 aliphatic carbocycles. The molecule has 26 heavy (non-hydrogen) atoms. The van der Waals surface area contributed by atoms with Gasteiger partial charge >= 0.3 is 0 Å². The predicted octanol–water partition coefficient (Wildman–Crippen LogP) is 3.63. The van der Waals surface area contributed by atoms with Gasteiger partial charge in [-0.2, -0.15) is 0 Å². The Morgan fingerprint density at radius 3 is 2.65 bits per heavy atom. The molecule has 9 heteroatoms. The van der Waals surface area contributed by atoms with Crippen LogP contribution >= 0.6 is 23.2 Å². The van der Waals surface area contributed by atoms with Gasteiger partial charge in [0, 0.05) is 16.5 Å². The number of anilines is 1. The number of amides is 1. The molecule has 0 spiro atoms. The number of hydrogen-bond donors (Lipinski definition) is 1. The van der Waals surface area contributed by atoms with Gasteiger partial charge in [0.1, 0.15) is 6.54 Å². The van der Waals surface area contributed by atoms with E-state index in [9.17, 15) is 9.59 Å². The first-order valence-corrected chi connectivity index (χ1v) is 8.52. The maximum Gasteiger partial charge on any atom is 0.261 e. The summed E-state index contributed by atoms with van der Waals surface area (Å²) in [6.45, 7) is 5.70. The molecule has 3 aromatic rings. The van der Waals surface area contributed by atoms with Crippen molar-refractivity contribution in [2.45, 2.75) is 32.7 Å². The van der Waals surface area contributed by atoms with E-state index in [1.807, 2.05) is 20.8 Å². The fourth-order valence-electron chi connectivity index (χ4n) is 2.33. The molecule has 0 saturated carbocycles. The van der Waals surface area contributed by atoms with Gasteiger partial charge in [0.05, 0.1) is 27.9 Å². The smallest absolute Gasteiger partial charge is 0.261 e. The zero-order chi connectivity index (χ0) is 19.1. The lowest BCUT2D eigenvalue weighted by Crippen LogP contribution is -2.27. The van der Waals surface area contributed by atoms with Crippen LogP contribution < -0.4 is 10.9 Å². The maximum absolute atomic E-state index is 12.5. The monoisotopic (exact) mass is 394 g/mol. The predicted molar refractivity (Wildman–Crippen MR) is 99.9 cm³/mol. The number of nitrogens with one attached hydrogen (secondary N) is 1. The molecule has 7 nitrogen and oxygen atoms in total. The Hall–Kier alpha value is -2.38. The van der Waals surface area contributed by atoms with E-state index in [1.54, 1.807) is 6.07 Å². The molecule has 136 valence electrons. The lowest BCUT2D eigenvalue weighted by molar-refractivity contribution is -0.116. The minimum atomic E-state index is -0.446. The summed E-state index contributed by atoms with van der Waals surface area (Å²) < 4.78 is 6.28. The largest absolute Gasteiger partial charge is 0.338 e. The number of nitrogens with zero attached hydrogens (tertiary/aromatic N) is 3. The van der Waals surface area contributed by atoms with Crippen molar-refractivity contribution >= 4 is 45.9 Å². The summed E-state index contributed by atoms with van der Waals surface area (Å²) in [6.07, 6.45) is 1.27. The Morgan fingerprint density at radius 2 is 2.00 bits per heavy atom. The van der Waals surface area contributed by atoms with Crippen molar-refractivity contribution in [3.05, 3.63) is 50.6 Å². The van der Waals surface area contributed by atoms with Crippen LogP contribution in [0.15, 0.2) is 33.8 Å². The van der Waals surface area contributed by atoms with Gasteiger partial charge in [-0.15, -0.1) is 0 Å². The van der Waals surface area contributed by atoms with Crippen LogP contribution in [0.25, 0.3) is 10.9 Å². The minimum Gasteiger partial charge on any atom is -0.338 e. The van der Waals surface area contributed by atoms with E-state index in [2.05, 4.69) is 15.5 Å². The highest BCUT2D eigenvalue weighted by molar-refractivity contribution is 6.38. The Labute approximate surface area is 158 Å². The Bertz CT molecular complexity index is 1050. The highest BCUT2D eigenvalue weighted by Gasteiger charge is 2.20. The first-order chi connectivity index (χ1) is 12.1. The second kappa shape index (κ2) is 6.74. The minimum absolute atomic E-state index is 0.204.